The Kier molecular flexibility index (Phi) is 6.42. The summed E-state index contributed by atoms with van der Waals surface area (Å²) in [4.78, 5) is 2.45. The molecule has 0 bridgehead atoms. The van der Waals surface area contributed by atoms with Gasteiger partial charge in [-0.05, 0) is 44.3 Å². The Balaban J connectivity index is 3.41. The molecule has 0 aromatic carbocycles. The third-order valence-corrected chi connectivity index (χ3v) is 3.72. The van der Waals surface area contributed by atoms with Crippen LogP contribution in [0.3, 0.4) is 0 Å². The fourth-order valence-corrected chi connectivity index (χ4v) is 2.31. The summed E-state index contributed by atoms with van der Waals surface area (Å²) in [5, 5.41) is 0. The Morgan fingerprint density at radius 1 is 1.17 bits per heavy atom. The smallest absolute Gasteiger partial charge is 0.00113 e. The Hall–Kier alpha value is 0.600. The van der Waals surface area contributed by atoms with E-state index in [1.54, 1.807) is 0 Å². The molecule has 0 rings (SSSR count). The van der Waals surface area contributed by atoms with Gasteiger partial charge in [0, 0.05) is 0 Å². The van der Waals surface area contributed by atoms with Gasteiger partial charge in [0.25, 0.3) is 0 Å². The van der Waals surface area contributed by atoms with Crippen LogP contribution >= 0.6 is 19.9 Å². The van der Waals surface area contributed by atoms with Crippen molar-refractivity contribution in [3.05, 3.63) is 0 Å². The predicted molar refractivity (Wildman–Crippen MR) is 62.6 cm³/mol. The second-order valence-corrected chi connectivity index (χ2v) is 9.21. The number of hydrogen-bond donors (Lipinski definition) is 0. The van der Waals surface area contributed by atoms with E-state index >= 15 is 0 Å². The van der Waals surface area contributed by atoms with Crippen LogP contribution in [0, 0.1) is 0 Å². The third kappa shape index (κ3) is 7.26. The Morgan fingerprint density at radius 3 is 2.00 bits per heavy atom. The quantitative estimate of drug-likeness (QED) is 0.653. The Bertz CT molecular complexity index is 108. The molecule has 76 valence electrons. The van der Waals surface area contributed by atoms with Crippen LogP contribution in [0.15, 0.2) is 0 Å². The standard InChI is InChI=1S/C9H22ClNS/c1-5-11(6-2)8-7-9-12(3,4)10/h5-9H2,1-4H3. The maximum Gasteiger partial charge on any atom is -0.00113 e. The first-order valence-corrected chi connectivity index (χ1v) is 8.07. The minimum atomic E-state index is -0.791. The van der Waals surface area contributed by atoms with Crippen LogP contribution in [0.25, 0.3) is 0 Å². The maximum absolute atomic E-state index is 6.17. The summed E-state index contributed by atoms with van der Waals surface area (Å²) in [6.45, 7) is 7.95. The molecule has 0 radical (unpaired) electrons. The lowest BCUT2D eigenvalue weighted by Gasteiger charge is -2.24. The first kappa shape index (κ1) is 12.6. The van der Waals surface area contributed by atoms with E-state index in [-0.39, 0.29) is 0 Å². The van der Waals surface area contributed by atoms with Crippen LogP contribution < -0.4 is 0 Å². The summed E-state index contributed by atoms with van der Waals surface area (Å²) in [6, 6.07) is 0. The monoisotopic (exact) mass is 211 g/mol. The van der Waals surface area contributed by atoms with Gasteiger partial charge in [0.05, 0.1) is 0 Å². The summed E-state index contributed by atoms with van der Waals surface area (Å²) in [6.07, 6.45) is 5.57. The van der Waals surface area contributed by atoms with E-state index in [0.717, 1.165) is 13.1 Å². The molecule has 0 saturated heterocycles. The highest BCUT2D eigenvalue weighted by Gasteiger charge is 2.07. The number of nitrogens with zero attached hydrogens (tertiary/aromatic N) is 1. The minimum Gasteiger partial charge on any atom is -0.304 e. The molecule has 0 heterocycles. The topological polar surface area (TPSA) is 3.24 Å². The first-order chi connectivity index (χ1) is 5.49. The van der Waals surface area contributed by atoms with Gasteiger partial charge in [0.15, 0.2) is 0 Å². The van der Waals surface area contributed by atoms with Crippen LogP contribution in [0.1, 0.15) is 20.3 Å². The predicted octanol–water partition coefficient (Wildman–Crippen LogP) is 2.94. The molecule has 0 amide bonds. The van der Waals surface area contributed by atoms with Gasteiger partial charge < -0.3 is 4.90 Å². The van der Waals surface area contributed by atoms with Crippen LogP contribution in [0.5, 0.6) is 0 Å². The molecule has 0 aliphatic rings. The van der Waals surface area contributed by atoms with Crippen molar-refractivity contribution in [3.8, 4) is 0 Å². The van der Waals surface area contributed by atoms with Crippen LogP contribution in [0.2, 0.25) is 0 Å². The molecule has 3 heteroatoms. The minimum absolute atomic E-state index is 0.791. The van der Waals surface area contributed by atoms with Gasteiger partial charge in [-0.1, -0.05) is 24.5 Å². The zero-order chi connectivity index (χ0) is 9.61. The average molecular weight is 212 g/mol. The number of rotatable bonds is 6. The van der Waals surface area contributed by atoms with Gasteiger partial charge in [-0.3, -0.25) is 0 Å². The van der Waals surface area contributed by atoms with E-state index in [9.17, 15) is 0 Å². The second-order valence-electron chi connectivity index (χ2n) is 3.49. The second kappa shape index (κ2) is 6.11. The van der Waals surface area contributed by atoms with E-state index in [2.05, 4.69) is 31.3 Å². The van der Waals surface area contributed by atoms with Crippen molar-refractivity contribution < 1.29 is 0 Å². The SMILES string of the molecule is CCN(CC)CCCS(C)(C)Cl. The molecule has 0 aromatic rings. The van der Waals surface area contributed by atoms with Gasteiger partial charge in [0.2, 0.25) is 0 Å². The van der Waals surface area contributed by atoms with Gasteiger partial charge in [-0.25, -0.2) is 0 Å². The van der Waals surface area contributed by atoms with Crippen molar-refractivity contribution in [2.75, 3.05) is 37.9 Å². The van der Waals surface area contributed by atoms with E-state index in [1.165, 1.54) is 18.7 Å². The van der Waals surface area contributed by atoms with Crippen molar-refractivity contribution in [1.82, 2.24) is 4.90 Å². The molecule has 12 heavy (non-hydrogen) atoms. The summed E-state index contributed by atoms with van der Waals surface area (Å²) in [5.41, 5.74) is 0. The molecule has 0 saturated carbocycles. The highest BCUT2D eigenvalue weighted by molar-refractivity contribution is 8.50. The molecule has 0 unspecified atom stereocenters. The summed E-state index contributed by atoms with van der Waals surface area (Å²) in [7, 11) is 5.38. The molecule has 0 spiro atoms. The fraction of sp³-hybridized carbons (Fsp3) is 1.00. The molecule has 0 N–H and O–H groups in total. The zero-order valence-electron chi connectivity index (χ0n) is 8.77. The van der Waals surface area contributed by atoms with Crippen molar-refractivity contribution in [3.63, 3.8) is 0 Å². The Labute approximate surface area is 83.3 Å². The van der Waals surface area contributed by atoms with E-state index in [1.807, 2.05) is 0 Å². The van der Waals surface area contributed by atoms with Gasteiger partial charge in [-0.15, -0.1) is 0 Å². The highest BCUT2D eigenvalue weighted by Crippen LogP contribution is 2.45. The molecule has 1 nitrogen and oxygen atoms in total. The van der Waals surface area contributed by atoms with Crippen LogP contribution in [0.4, 0.5) is 0 Å². The van der Waals surface area contributed by atoms with Crippen LogP contribution in [-0.2, 0) is 0 Å². The molecule has 0 aromatic heterocycles. The average Bonchev–Trinajstić information content (AvgIpc) is 1.96. The summed E-state index contributed by atoms with van der Waals surface area (Å²) in [5.74, 6) is 1.19. The lowest BCUT2D eigenvalue weighted by Crippen LogP contribution is -2.24. The third-order valence-electron chi connectivity index (χ3n) is 2.00. The highest BCUT2D eigenvalue weighted by atomic mass is 35.7. The van der Waals surface area contributed by atoms with E-state index in [0.29, 0.717) is 0 Å². The van der Waals surface area contributed by atoms with Crippen molar-refractivity contribution >= 4 is 19.9 Å². The molecule has 0 atom stereocenters. The normalized spacial score (nSPS) is 13.8. The largest absolute Gasteiger partial charge is 0.304 e. The van der Waals surface area contributed by atoms with Crippen LogP contribution in [-0.4, -0.2) is 42.8 Å². The summed E-state index contributed by atoms with van der Waals surface area (Å²) < 4.78 is 0. The van der Waals surface area contributed by atoms with Crippen molar-refractivity contribution in [1.29, 1.82) is 0 Å². The lowest BCUT2D eigenvalue weighted by atomic mass is 10.4. The zero-order valence-corrected chi connectivity index (χ0v) is 10.3. The molecule has 0 aliphatic carbocycles. The summed E-state index contributed by atoms with van der Waals surface area (Å²) >= 11 is 0. The van der Waals surface area contributed by atoms with Gasteiger partial charge in [-0.2, -0.15) is 9.24 Å². The van der Waals surface area contributed by atoms with Crippen molar-refractivity contribution in [2.24, 2.45) is 0 Å². The molecule has 0 aliphatic heterocycles. The molecular formula is C9H22ClNS. The van der Waals surface area contributed by atoms with Gasteiger partial charge in [0.1, 0.15) is 0 Å². The van der Waals surface area contributed by atoms with E-state index in [4.69, 9.17) is 10.7 Å². The Morgan fingerprint density at radius 2 is 1.67 bits per heavy atom. The lowest BCUT2D eigenvalue weighted by molar-refractivity contribution is 0.305. The van der Waals surface area contributed by atoms with Gasteiger partial charge >= 0.3 is 0 Å². The fourth-order valence-electron chi connectivity index (χ4n) is 1.17. The molecule has 0 fully saturated rings. The van der Waals surface area contributed by atoms with E-state index < -0.39 is 9.24 Å². The first-order valence-electron chi connectivity index (χ1n) is 4.62. The van der Waals surface area contributed by atoms with Crippen molar-refractivity contribution in [2.45, 2.75) is 20.3 Å². The molecular weight excluding hydrogens is 190 g/mol. The number of halogens is 1. The maximum atomic E-state index is 6.17. The number of hydrogen-bond acceptors (Lipinski definition) is 1.